The SMILES string of the molecule is Cl.[C-]#[N+][C@@H](c1ccccc1-c1ccc(Cl)cc1)C1CCN(c2ccc(C(=O)O)cc2)CC1. The van der Waals surface area contributed by atoms with Gasteiger partial charge in [-0.15, -0.1) is 12.4 Å². The van der Waals surface area contributed by atoms with Crippen LogP contribution in [0.2, 0.25) is 5.02 Å². The molecule has 4 nitrogen and oxygen atoms in total. The summed E-state index contributed by atoms with van der Waals surface area (Å²) in [4.78, 5) is 17.4. The molecule has 1 saturated heterocycles. The van der Waals surface area contributed by atoms with E-state index < -0.39 is 5.97 Å². The smallest absolute Gasteiger partial charge is 0.335 e. The van der Waals surface area contributed by atoms with Crippen molar-refractivity contribution in [1.29, 1.82) is 0 Å². The summed E-state index contributed by atoms with van der Waals surface area (Å²) in [6.07, 6.45) is 1.84. The first-order chi connectivity index (χ1) is 15.1. The number of aromatic carboxylic acids is 1. The van der Waals surface area contributed by atoms with Gasteiger partial charge < -0.3 is 14.9 Å². The van der Waals surface area contributed by atoms with E-state index in [9.17, 15) is 4.79 Å². The van der Waals surface area contributed by atoms with Crippen LogP contribution in [0.1, 0.15) is 34.8 Å². The molecule has 1 aliphatic rings. The number of carboxylic acids is 1. The second kappa shape index (κ2) is 10.5. The van der Waals surface area contributed by atoms with Gasteiger partial charge in [0.1, 0.15) is 0 Å². The minimum atomic E-state index is -0.912. The Morgan fingerprint density at radius 1 is 1.00 bits per heavy atom. The molecule has 6 heteroatoms. The molecule has 1 N–H and O–H groups in total. The minimum Gasteiger partial charge on any atom is -0.478 e. The summed E-state index contributed by atoms with van der Waals surface area (Å²) in [5, 5.41) is 9.79. The van der Waals surface area contributed by atoms with Crippen molar-refractivity contribution in [2.45, 2.75) is 18.9 Å². The largest absolute Gasteiger partial charge is 0.478 e. The van der Waals surface area contributed by atoms with E-state index >= 15 is 0 Å². The number of nitrogens with zero attached hydrogens (tertiary/aromatic N) is 2. The minimum absolute atomic E-state index is 0. The van der Waals surface area contributed by atoms with Crippen LogP contribution >= 0.6 is 24.0 Å². The van der Waals surface area contributed by atoms with Gasteiger partial charge in [-0.25, -0.2) is 11.4 Å². The van der Waals surface area contributed by atoms with Crippen molar-refractivity contribution in [3.8, 4) is 11.1 Å². The molecule has 0 radical (unpaired) electrons. The van der Waals surface area contributed by atoms with Crippen molar-refractivity contribution in [2.24, 2.45) is 5.92 Å². The highest BCUT2D eigenvalue weighted by Crippen LogP contribution is 2.39. The van der Waals surface area contributed by atoms with Gasteiger partial charge in [0.15, 0.2) is 0 Å². The molecule has 32 heavy (non-hydrogen) atoms. The van der Waals surface area contributed by atoms with Crippen molar-refractivity contribution in [2.75, 3.05) is 18.0 Å². The Kier molecular flexibility index (Phi) is 7.80. The standard InChI is InChI=1S/C26H23ClN2O2.ClH/c1-28-25(24-5-3-2-4-23(24)18-6-10-21(27)11-7-18)19-14-16-29(17-15-19)22-12-8-20(9-13-22)26(30)31;/h2-13,19,25H,14-17H2,(H,30,31);1H/t25-;/m1./s1. The highest BCUT2D eigenvalue weighted by Gasteiger charge is 2.33. The summed E-state index contributed by atoms with van der Waals surface area (Å²) >= 11 is 6.06. The number of halogens is 2. The van der Waals surface area contributed by atoms with E-state index in [4.69, 9.17) is 23.3 Å². The van der Waals surface area contributed by atoms with Crippen LogP contribution in [0.3, 0.4) is 0 Å². The van der Waals surface area contributed by atoms with E-state index in [-0.39, 0.29) is 24.4 Å². The number of hydrogen-bond donors (Lipinski definition) is 1. The van der Waals surface area contributed by atoms with Crippen molar-refractivity contribution >= 4 is 35.7 Å². The predicted octanol–water partition coefficient (Wildman–Crippen LogP) is 7.00. The lowest BCUT2D eigenvalue weighted by atomic mass is 9.83. The molecule has 164 valence electrons. The van der Waals surface area contributed by atoms with Gasteiger partial charge in [-0.3, -0.25) is 0 Å². The number of carboxylic acid groups (broad SMARTS) is 1. The number of rotatable bonds is 5. The summed E-state index contributed by atoms with van der Waals surface area (Å²) < 4.78 is 0. The molecular weight excluding hydrogens is 443 g/mol. The van der Waals surface area contributed by atoms with Crippen molar-refractivity contribution in [1.82, 2.24) is 0 Å². The fourth-order valence-electron chi connectivity index (χ4n) is 4.36. The number of piperidine rings is 1. The molecule has 1 atom stereocenters. The Labute approximate surface area is 199 Å². The maximum absolute atomic E-state index is 11.1. The lowest BCUT2D eigenvalue weighted by Gasteiger charge is -2.34. The average molecular weight is 467 g/mol. The summed E-state index contributed by atoms with van der Waals surface area (Å²) in [5.41, 5.74) is 4.57. The third-order valence-electron chi connectivity index (χ3n) is 6.04. The molecular formula is C26H24Cl2N2O2. The van der Waals surface area contributed by atoms with Gasteiger partial charge in [0, 0.05) is 35.3 Å². The van der Waals surface area contributed by atoms with Crippen LogP contribution in [0.5, 0.6) is 0 Å². The summed E-state index contributed by atoms with van der Waals surface area (Å²) in [5.74, 6) is -0.634. The molecule has 0 saturated carbocycles. The lowest BCUT2D eigenvalue weighted by molar-refractivity contribution is 0.0697. The Hall–Kier alpha value is -3.00. The molecule has 0 spiro atoms. The molecule has 0 aliphatic carbocycles. The molecule has 1 aliphatic heterocycles. The number of benzene rings is 3. The van der Waals surface area contributed by atoms with E-state index in [2.05, 4.69) is 21.9 Å². The Bertz CT molecular complexity index is 1100. The first-order valence-electron chi connectivity index (χ1n) is 10.4. The molecule has 0 bridgehead atoms. The van der Waals surface area contributed by atoms with Crippen LogP contribution < -0.4 is 4.90 Å². The first-order valence-corrected chi connectivity index (χ1v) is 10.7. The van der Waals surface area contributed by atoms with Gasteiger partial charge >= 0.3 is 5.97 Å². The van der Waals surface area contributed by atoms with Crippen LogP contribution in [0.4, 0.5) is 5.69 Å². The van der Waals surface area contributed by atoms with E-state index in [1.165, 1.54) is 0 Å². The molecule has 4 rings (SSSR count). The highest BCUT2D eigenvalue weighted by atomic mass is 35.5. The van der Waals surface area contributed by atoms with Crippen LogP contribution in [-0.4, -0.2) is 24.2 Å². The maximum Gasteiger partial charge on any atom is 0.335 e. The fraction of sp³-hybridized carbons (Fsp3) is 0.231. The molecule has 1 fully saturated rings. The third kappa shape index (κ3) is 5.07. The molecule has 3 aromatic carbocycles. The second-order valence-corrected chi connectivity index (χ2v) is 8.28. The predicted molar refractivity (Wildman–Crippen MR) is 132 cm³/mol. The zero-order valence-electron chi connectivity index (χ0n) is 17.4. The van der Waals surface area contributed by atoms with Crippen LogP contribution in [0.25, 0.3) is 16.0 Å². The summed E-state index contributed by atoms with van der Waals surface area (Å²) in [6.45, 7) is 9.65. The Morgan fingerprint density at radius 3 is 2.22 bits per heavy atom. The van der Waals surface area contributed by atoms with Crippen molar-refractivity contribution in [3.63, 3.8) is 0 Å². The van der Waals surface area contributed by atoms with Gasteiger partial charge in [-0.1, -0.05) is 48.0 Å². The Morgan fingerprint density at radius 2 is 1.62 bits per heavy atom. The van der Waals surface area contributed by atoms with Crippen LogP contribution in [0, 0.1) is 12.5 Å². The van der Waals surface area contributed by atoms with E-state index in [0.717, 1.165) is 48.3 Å². The number of anilines is 1. The molecule has 0 aromatic heterocycles. The van der Waals surface area contributed by atoms with Gasteiger partial charge in [-0.05, 0) is 60.4 Å². The molecule has 0 unspecified atom stereocenters. The van der Waals surface area contributed by atoms with Gasteiger partial charge in [0.2, 0.25) is 0 Å². The fourth-order valence-corrected chi connectivity index (χ4v) is 4.49. The molecule has 0 amide bonds. The van der Waals surface area contributed by atoms with Gasteiger partial charge in [0.05, 0.1) is 5.56 Å². The third-order valence-corrected chi connectivity index (χ3v) is 6.29. The van der Waals surface area contributed by atoms with Gasteiger partial charge in [-0.2, -0.15) is 0 Å². The maximum atomic E-state index is 11.1. The van der Waals surface area contributed by atoms with E-state index in [0.29, 0.717) is 10.6 Å². The van der Waals surface area contributed by atoms with Gasteiger partial charge in [0.25, 0.3) is 6.04 Å². The summed E-state index contributed by atoms with van der Waals surface area (Å²) in [6, 6.07) is 22.8. The molecule has 1 heterocycles. The van der Waals surface area contributed by atoms with Crippen LogP contribution in [0.15, 0.2) is 72.8 Å². The Balaban J connectivity index is 0.00000289. The van der Waals surface area contributed by atoms with Crippen molar-refractivity contribution < 1.29 is 9.90 Å². The zero-order valence-corrected chi connectivity index (χ0v) is 19.0. The zero-order chi connectivity index (χ0) is 21.8. The van der Waals surface area contributed by atoms with E-state index in [1.54, 1.807) is 12.1 Å². The topological polar surface area (TPSA) is 44.9 Å². The van der Waals surface area contributed by atoms with Crippen LogP contribution in [-0.2, 0) is 0 Å². The average Bonchev–Trinajstić information content (AvgIpc) is 2.81. The second-order valence-electron chi connectivity index (χ2n) is 7.84. The first kappa shape index (κ1) is 23.7. The lowest BCUT2D eigenvalue weighted by Crippen LogP contribution is -2.35. The monoisotopic (exact) mass is 466 g/mol. The normalized spacial score (nSPS) is 14.8. The summed E-state index contributed by atoms with van der Waals surface area (Å²) in [7, 11) is 0. The quantitative estimate of drug-likeness (QED) is 0.411. The van der Waals surface area contributed by atoms with E-state index in [1.807, 2.05) is 48.5 Å². The van der Waals surface area contributed by atoms with Crippen molar-refractivity contribution in [3.05, 3.63) is 100 Å². The highest BCUT2D eigenvalue weighted by molar-refractivity contribution is 6.30. The number of hydrogen-bond acceptors (Lipinski definition) is 2. The number of carbonyl (C=O) groups is 1. The molecule has 3 aromatic rings.